The molecule has 1 heterocycles. The Bertz CT molecular complexity index is 565. The normalized spacial score (nSPS) is 40.9. The monoisotopic (exact) mass is 319 g/mol. The molecule has 0 saturated heterocycles. The fourth-order valence-electron chi connectivity index (χ4n) is 5.72. The highest BCUT2D eigenvalue weighted by molar-refractivity contribution is 6.42. The van der Waals surface area contributed by atoms with Gasteiger partial charge < -0.3 is 4.74 Å². The van der Waals surface area contributed by atoms with Gasteiger partial charge in [0.1, 0.15) is 5.71 Å². The van der Waals surface area contributed by atoms with Crippen LogP contribution in [0.5, 0.6) is 0 Å². The van der Waals surface area contributed by atoms with Crippen molar-refractivity contribution in [3.63, 3.8) is 0 Å². The zero-order valence-electron chi connectivity index (χ0n) is 13.2. The van der Waals surface area contributed by atoms with Crippen LogP contribution in [0.3, 0.4) is 0 Å². The molecule has 1 unspecified atom stereocenters. The van der Waals surface area contributed by atoms with E-state index in [1.54, 1.807) is 0 Å². The predicted molar refractivity (Wildman–Crippen MR) is 81.1 cm³/mol. The van der Waals surface area contributed by atoms with Crippen molar-refractivity contribution in [2.75, 3.05) is 7.11 Å². The summed E-state index contributed by atoms with van der Waals surface area (Å²) >= 11 is 0. The molecule has 5 aliphatic rings. The Balaban J connectivity index is 1.58. The third-order valence-electron chi connectivity index (χ3n) is 6.23. The van der Waals surface area contributed by atoms with Gasteiger partial charge in [-0.25, -0.2) is 4.79 Å². The summed E-state index contributed by atoms with van der Waals surface area (Å²) < 4.78 is 4.68. The first-order valence-corrected chi connectivity index (χ1v) is 8.37. The Morgan fingerprint density at radius 1 is 1.17 bits per heavy atom. The van der Waals surface area contributed by atoms with Gasteiger partial charge in [-0.2, -0.15) is 5.10 Å². The third-order valence-corrected chi connectivity index (χ3v) is 6.23. The molecule has 4 saturated carbocycles. The van der Waals surface area contributed by atoms with Crippen LogP contribution < -0.4 is 0 Å². The molecule has 4 bridgehead atoms. The quantitative estimate of drug-likeness (QED) is 0.584. The molecule has 7 heteroatoms. The molecular weight excluding hydrogens is 298 g/mol. The van der Waals surface area contributed by atoms with E-state index in [2.05, 4.69) is 15.1 Å². The number of carbonyl (C=O) groups is 2. The van der Waals surface area contributed by atoms with Crippen molar-refractivity contribution in [3.05, 3.63) is 4.91 Å². The standard InChI is InChI=1S/C16H21N3O4/c1-23-15(21)13-5-12(17-19(13)18-22)14(20)16-6-9-2-10(7-16)4-11(3-9)8-16/h9-11,13H,2-8H2,1H3. The maximum atomic E-state index is 13.2. The van der Waals surface area contributed by atoms with E-state index in [9.17, 15) is 14.5 Å². The Kier molecular flexibility index (Phi) is 3.28. The molecular formula is C16H21N3O4. The predicted octanol–water partition coefficient (Wildman–Crippen LogP) is 2.06. The first kappa shape index (κ1) is 14.8. The Morgan fingerprint density at radius 2 is 1.74 bits per heavy atom. The van der Waals surface area contributed by atoms with Crippen molar-refractivity contribution in [1.29, 1.82) is 0 Å². The van der Waals surface area contributed by atoms with E-state index in [1.807, 2.05) is 0 Å². The zero-order chi connectivity index (χ0) is 16.2. The van der Waals surface area contributed by atoms with Gasteiger partial charge in [0.15, 0.2) is 11.8 Å². The summed E-state index contributed by atoms with van der Waals surface area (Å²) in [5.41, 5.74) is 0.00890. The molecule has 0 amide bonds. The molecule has 4 fully saturated rings. The van der Waals surface area contributed by atoms with E-state index in [-0.39, 0.29) is 17.6 Å². The molecule has 0 radical (unpaired) electrons. The lowest BCUT2D eigenvalue weighted by atomic mass is 9.48. The van der Waals surface area contributed by atoms with E-state index >= 15 is 0 Å². The minimum absolute atomic E-state index is 0.0386. The fraction of sp³-hybridized carbons (Fsp3) is 0.812. The van der Waals surface area contributed by atoms with E-state index in [0.717, 1.165) is 24.4 Å². The molecule has 1 aliphatic heterocycles. The number of esters is 1. The smallest absolute Gasteiger partial charge is 0.333 e. The van der Waals surface area contributed by atoms with Gasteiger partial charge in [0.05, 0.1) is 12.4 Å². The molecule has 124 valence electrons. The highest BCUT2D eigenvalue weighted by atomic mass is 16.5. The lowest BCUT2D eigenvalue weighted by molar-refractivity contribution is -0.146. The van der Waals surface area contributed by atoms with Crippen molar-refractivity contribution < 1.29 is 14.3 Å². The van der Waals surface area contributed by atoms with Crippen LogP contribution in [0, 0.1) is 28.1 Å². The zero-order valence-corrected chi connectivity index (χ0v) is 13.2. The molecule has 0 N–H and O–H groups in total. The number of nitroso groups, excluding NO2 is 1. The van der Waals surface area contributed by atoms with Gasteiger partial charge in [-0.15, -0.1) is 10.0 Å². The number of hydrogen-bond acceptors (Lipinski definition) is 6. The summed E-state index contributed by atoms with van der Waals surface area (Å²) in [5, 5.41) is 7.59. The number of methoxy groups -OCH3 is 1. The Morgan fingerprint density at radius 3 is 2.22 bits per heavy atom. The van der Waals surface area contributed by atoms with Crippen molar-refractivity contribution in [2.45, 2.75) is 51.0 Å². The number of carbonyl (C=O) groups excluding carboxylic acids is 2. The highest BCUT2D eigenvalue weighted by Crippen LogP contribution is 2.60. The van der Waals surface area contributed by atoms with Gasteiger partial charge in [-0.3, -0.25) is 4.79 Å². The van der Waals surface area contributed by atoms with Crippen molar-refractivity contribution in [2.24, 2.45) is 33.6 Å². The van der Waals surface area contributed by atoms with Crippen LogP contribution in [0.4, 0.5) is 0 Å². The third kappa shape index (κ3) is 2.20. The van der Waals surface area contributed by atoms with Gasteiger partial charge in [0.25, 0.3) is 0 Å². The Hall–Kier alpha value is -1.79. The maximum absolute atomic E-state index is 13.2. The second-order valence-corrected chi connectivity index (χ2v) is 7.72. The first-order chi connectivity index (χ1) is 11.0. The number of nitrogens with zero attached hydrogens (tertiary/aromatic N) is 3. The minimum atomic E-state index is -0.898. The average molecular weight is 319 g/mol. The molecule has 0 spiro atoms. The largest absolute Gasteiger partial charge is 0.467 e. The summed E-state index contributed by atoms with van der Waals surface area (Å²) in [5.74, 6) is 1.43. The first-order valence-electron chi connectivity index (χ1n) is 8.37. The number of ketones is 1. The van der Waals surface area contributed by atoms with Gasteiger partial charge in [0, 0.05) is 11.8 Å². The fourth-order valence-corrected chi connectivity index (χ4v) is 5.72. The van der Waals surface area contributed by atoms with E-state index < -0.39 is 12.0 Å². The molecule has 0 aromatic carbocycles. The molecule has 23 heavy (non-hydrogen) atoms. The molecule has 0 aromatic rings. The number of hydrazone groups is 1. The summed E-state index contributed by atoms with van der Waals surface area (Å²) in [7, 11) is 1.25. The number of ether oxygens (including phenoxy) is 1. The van der Waals surface area contributed by atoms with Gasteiger partial charge in [-0.1, -0.05) is 0 Å². The molecule has 4 aliphatic carbocycles. The SMILES string of the molecule is COC(=O)C1CC(C(=O)C23CC4CC(CC(C4)C2)C3)=NN1N=O. The van der Waals surface area contributed by atoms with Crippen molar-refractivity contribution in [3.8, 4) is 0 Å². The summed E-state index contributed by atoms with van der Waals surface area (Å²) in [4.78, 5) is 35.8. The van der Waals surface area contributed by atoms with Crippen molar-refractivity contribution in [1.82, 2.24) is 5.12 Å². The van der Waals surface area contributed by atoms with Gasteiger partial charge >= 0.3 is 5.97 Å². The van der Waals surface area contributed by atoms with Gasteiger partial charge in [0.2, 0.25) is 0 Å². The second-order valence-electron chi connectivity index (χ2n) is 7.72. The molecule has 0 aromatic heterocycles. The number of Topliss-reactive ketones (excluding diaryl/α,β-unsaturated/α-hetero) is 1. The molecule has 1 atom stereocenters. The molecule has 7 nitrogen and oxygen atoms in total. The topological polar surface area (TPSA) is 88.4 Å². The van der Waals surface area contributed by atoms with Crippen LogP contribution in [-0.4, -0.2) is 35.7 Å². The van der Waals surface area contributed by atoms with E-state index in [0.29, 0.717) is 23.5 Å². The summed E-state index contributed by atoms with van der Waals surface area (Å²) in [6.07, 6.45) is 6.71. The second kappa shape index (κ2) is 5.11. The highest BCUT2D eigenvalue weighted by Gasteiger charge is 2.56. The lowest BCUT2D eigenvalue weighted by Crippen LogP contribution is -2.51. The summed E-state index contributed by atoms with van der Waals surface area (Å²) in [6, 6.07) is -0.898. The van der Waals surface area contributed by atoms with Crippen LogP contribution >= 0.6 is 0 Å². The molecule has 5 rings (SSSR count). The van der Waals surface area contributed by atoms with Crippen LogP contribution in [0.1, 0.15) is 44.9 Å². The van der Waals surface area contributed by atoms with E-state index in [1.165, 1.54) is 26.4 Å². The average Bonchev–Trinajstić information content (AvgIpc) is 2.96. The van der Waals surface area contributed by atoms with E-state index in [4.69, 9.17) is 0 Å². The minimum Gasteiger partial charge on any atom is -0.467 e. The number of hydrogen-bond donors (Lipinski definition) is 0. The lowest BCUT2D eigenvalue weighted by Gasteiger charge is -2.55. The number of rotatable bonds is 4. The van der Waals surface area contributed by atoms with Crippen LogP contribution in [0.2, 0.25) is 0 Å². The van der Waals surface area contributed by atoms with Crippen LogP contribution in [0.25, 0.3) is 0 Å². The van der Waals surface area contributed by atoms with Crippen molar-refractivity contribution >= 4 is 17.5 Å². The summed E-state index contributed by atoms with van der Waals surface area (Å²) in [6.45, 7) is 0. The van der Waals surface area contributed by atoms with Crippen LogP contribution in [0.15, 0.2) is 10.4 Å². The van der Waals surface area contributed by atoms with Crippen LogP contribution in [-0.2, 0) is 14.3 Å². The van der Waals surface area contributed by atoms with Gasteiger partial charge in [-0.05, 0) is 56.3 Å². The Labute approximate surface area is 134 Å². The maximum Gasteiger partial charge on any atom is 0.333 e.